The highest BCUT2D eigenvalue weighted by molar-refractivity contribution is 7.97. The van der Waals surface area contributed by atoms with Crippen LogP contribution in [0.25, 0.3) is 45.5 Å². The summed E-state index contributed by atoms with van der Waals surface area (Å²) in [6.07, 6.45) is 2.72. The second kappa shape index (κ2) is 18.5. The highest BCUT2D eigenvalue weighted by atomic mass is 32.2. The fraction of sp³-hybridized carbons (Fsp3) is 0.0909. The van der Waals surface area contributed by atoms with Gasteiger partial charge in [-0.15, -0.1) is 0 Å². The van der Waals surface area contributed by atoms with E-state index in [1.54, 1.807) is 91.0 Å². The fourth-order valence-electron chi connectivity index (χ4n) is 8.06. The molecule has 0 unspecified atom stereocenters. The minimum absolute atomic E-state index is 0.0220. The maximum Gasteiger partial charge on any atom is 0.267 e. The third-order valence-electron chi connectivity index (χ3n) is 11.9. The molecular weight excluding hydrogens is 909 g/mol. The van der Waals surface area contributed by atoms with E-state index in [1.165, 1.54) is 24.3 Å². The van der Waals surface area contributed by atoms with E-state index in [-0.39, 0.29) is 38.6 Å². The van der Waals surface area contributed by atoms with Gasteiger partial charge in [0, 0.05) is 35.6 Å². The van der Waals surface area contributed by atoms with E-state index in [0.717, 1.165) is 27.8 Å². The predicted octanol–water partition coefficient (Wildman–Crippen LogP) is 9.41. The van der Waals surface area contributed by atoms with E-state index in [1.807, 2.05) is 80.6 Å². The van der Waals surface area contributed by atoms with Gasteiger partial charge in [-0.3, -0.25) is 19.2 Å². The average Bonchev–Trinajstić information content (AvgIpc) is 3.80. The van der Waals surface area contributed by atoms with Crippen molar-refractivity contribution in [1.29, 1.82) is 0 Å². The third-order valence-corrected chi connectivity index (χ3v) is 15.5. The number of hydrogen-bond acceptors (Lipinski definition) is 8. The van der Waals surface area contributed by atoms with E-state index < -0.39 is 42.8 Å². The summed E-state index contributed by atoms with van der Waals surface area (Å²) < 4.78 is 53.5. The second-order valence-corrected chi connectivity index (χ2v) is 21.2. The molecule has 2 aliphatic heterocycles. The summed E-state index contributed by atoms with van der Waals surface area (Å²) in [4.78, 5) is 52.1. The predicted molar refractivity (Wildman–Crippen MR) is 268 cm³/mol. The maximum atomic E-state index is 13.8. The number of amides is 4. The number of rotatable bonds is 13. The van der Waals surface area contributed by atoms with Crippen molar-refractivity contribution in [3.63, 3.8) is 0 Å². The zero-order chi connectivity index (χ0) is 48.5. The zero-order valence-electron chi connectivity index (χ0n) is 37.3. The van der Waals surface area contributed by atoms with Gasteiger partial charge in [-0.1, -0.05) is 123 Å². The summed E-state index contributed by atoms with van der Waals surface area (Å²) in [5, 5.41) is 11.1. The Kier molecular flexibility index (Phi) is 12.3. The molecule has 14 heteroatoms. The minimum Gasteiger partial charge on any atom is -0.351 e. The lowest BCUT2D eigenvalue weighted by atomic mass is 9.93. The SMILES string of the molecule is CC(C)(CNC(=O)C1=Cc2ccc(-c3cccc(-c4ccc(C(=O)Nc5cccc(NC(=O)C6=Cc7ccccc7S6(=O)=O)c5)cc4)c3)cc2S1(=O)=O)CNC(=O)c1ccc(-c2ccccc2)cc1. The molecule has 0 radical (unpaired) electrons. The van der Waals surface area contributed by atoms with Crippen molar-refractivity contribution >= 4 is 66.8 Å². The van der Waals surface area contributed by atoms with E-state index in [0.29, 0.717) is 39.2 Å². The Morgan fingerprint density at radius 3 is 1.51 bits per heavy atom. The Balaban J connectivity index is 0.797. The molecule has 69 heavy (non-hydrogen) atoms. The number of hydrogen-bond donors (Lipinski definition) is 4. The number of carbonyl (C=O) groups is 4. The molecule has 4 amide bonds. The maximum absolute atomic E-state index is 13.8. The van der Waals surface area contributed by atoms with Gasteiger partial charge in [0.1, 0.15) is 9.81 Å². The minimum atomic E-state index is -4.15. The topological polar surface area (TPSA) is 185 Å². The molecule has 0 saturated heterocycles. The highest BCUT2D eigenvalue weighted by Crippen LogP contribution is 2.37. The number of carbonyl (C=O) groups excluding carboxylic acids is 4. The number of benzene rings is 7. The Morgan fingerprint density at radius 1 is 0.406 bits per heavy atom. The summed E-state index contributed by atoms with van der Waals surface area (Å²) in [6, 6.07) is 49.4. The molecule has 4 N–H and O–H groups in total. The molecule has 2 heterocycles. The molecule has 12 nitrogen and oxygen atoms in total. The van der Waals surface area contributed by atoms with Crippen LogP contribution in [0.15, 0.2) is 189 Å². The molecule has 0 aliphatic carbocycles. The summed E-state index contributed by atoms with van der Waals surface area (Å²) >= 11 is 0. The largest absolute Gasteiger partial charge is 0.351 e. The van der Waals surface area contributed by atoms with Crippen LogP contribution in [0.5, 0.6) is 0 Å². The van der Waals surface area contributed by atoms with Crippen LogP contribution in [0.4, 0.5) is 11.4 Å². The van der Waals surface area contributed by atoms with Crippen molar-refractivity contribution in [2.75, 3.05) is 23.7 Å². The number of sulfone groups is 2. The zero-order valence-corrected chi connectivity index (χ0v) is 39.0. The Morgan fingerprint density at radius 2 is 0.855 bits per heavy atom. The summed E-state index contributed by atoms with van der Waals surface area (Å²) in [5.41, 5.74) is 6.77. The lowest BCUT2D eigenvalue weighted by Gasteiger charge is -2.25. The van der Waals surface area contributed by atoms with Gasteiger partial charge in [-0.05, 0) is 123 Å². The van der Waals surface area contributed by atoms with E-state index >= 15 is 0 Å². The lowest BCUT2D eigenvalue weighted by molar-refractivity contribution is -0.117. The van der Waals surface area contributed by atoms with Crippen molar-refractivity contribution < 1.29 is 36.0 Å². The summed E-state index contributed by atoms with van der Waals surface area (Å²) in [7, 11) is -8.12. The van der Waals surface area contributed by atoms with E-state index in [4.69, 9.17) is 0 Å². The first kappa shape index (κ1) is 45.9. The van der Waals surface area contributed by atoms with E-state index in [2.05, 4.69) is 21.3 Å². The molecule has 7 aromatic carbocycles. The van der Waals surface area contributed by atoms with Crippen LogP contribution < -0.4 is 21.3 Å². The number of anilines is 2. The van der Waals surface area contributed by atoms with Crippen molar-refractivity contribution in [2.45, 2.75) is 23.6 Å². The first-order valence-electron chi connectivity index (χ1n) is 21.9. The standard InChI is InChI=1S/C55H44N4O8S2/c1-55(2,33-56-51(60)38-22-18-36(19-23-38)35-10-4-3-5-11-35)34-57-53(62)49-31-44-27-26-42(29-48(44)69(49,66)67)41-14-8-13-40(28-41)37-20-24-39(25-21-37)52(61)58-45-15-9-16-46(32-45)59-54(63)50-30-43-12-6-7-17-47(43)68(50,64)65/h3-32H,33-34H2,1-2H3,(H,56,60)(H,57,62)(H,58,61)(H,59,63). The van der Waals surface area contributed by atoms with Crippen LogP contribution >= 0.6 is 0 Å². The molecular formula is C55H44N4O8S2. The van der Waals surface area contributed by atoms with Gasteiger partial charge in [-0.25, -0.2) is 16.8 Å². The number of fused-ring (bicyclic) bond motifs is 2. The molecule has 0 bridgehead atoms. The summed E-state index contributed by atoms with van der Waals surface area (Å²) in [5.74, 6) is -2.19. The van der Waals surface area contributed by atoms with Gasteiger partial charge in [0.25, 0.3) is 23.6 Å². The van der Waals surface area contributed by atoms with Crippen LogP contribution in [-0.2, 0) is 29.3 Å². The van der Waals surface area contributed by atoms with Crippen molar-refractivity contribution in [1.82, 2.24) is 10.6 Å². The third kappa shape index (κ3) is 9.66. The smallest absolute Gasteiger partial charge is 0.267 e. The van der Waals surface area contributed by atoms with Crippen LogP contribution in [-0.4, -0.2) is 53.6 Å². The first-order valence-corrected chi connectivity index (χ1v) is 24.8. The van der Waals surface area contributed by atoms with Crippen LogP contribution in [0.3, 0.4) is 0 Å². The molecule has 0 fully saturated rings. The van der Waals surface area contributed by atoms with Gasteiger partial charge < -0.3 is 21.3 Å². The fourth-order valence-corrected chi connectivity index (χ4v) is 11.1. The molecule has 0 saturated carbocycles. The molecule has 0 spiro atoms. The van der Waals surface area contributed by atoms with Gasteiger partial charge in [0.2, 0.25) is 19.7 Å². The monoisotopic (exact) mass is 952 g/mol. The van der Waals surface area contributed by atoms with Crippen LogP contribution in [0, 0.1) is 5.41 Å². The molecule has 344 valence electrons. The normalized spacial score (nSPS) is 14.1. The quantitative estimate of drug-likeness (QED) is 0.0881. The van der Waals surface area contributed by atoms with Crippen LogP contribution in [0.1, 0.15) is 45.7 Å². The Hall–Kier alpha value is -8.20. The summed E-state index contributed by atoms with van der Waals surface area (Å²) in [6.45, 7) is 4.07. The van der Waals surface area contributed by atoms with Gasteiger partial charge >= 0.3 is 0 Å². The van der Waals surface area contributed by atoms with Gasteiger partial charge in [0.05, 0.1) is 9.79 Å². The van der Waals surface area contributed by atoms with Crippen LogP contribution in [0.2, 0.25) is 0 Å². The second-order valence-electron chi connectivity index (χ2n) is 17.4. The van der Waals surface area contributed by atoms with Crippen molar-refractivity contribution in [2.24, 2.45) is 5.41 Å². The molecule has 0 atom stereocenters. The number of nitrogens with one attached hydrogen (secondary N) is 4. The van der Waals surface area contributed by atoms with Gasteiger partial charge in [-0.2, -0.15) is 0 Å². The Labute approximate surface area is 399 Å². The Bertz CT molecular complexity index is 3510. The van der Waals surface area contributed by atoms with E-state index in [9.17, 15) is 36.0 Å². The highest BCUT2D eigenvalue weighted by Gasteiger charge is 2.36. The lowest BCUT2D eigenvalue weighted by Crippen LogP contribution is -2.42. The average molecular weight is 953 g/mol. The molecule has 0 aromatic heterocycles. The molecule has 7 aromatic rings. The molecule has 9 rings (SSSR count). The first-order chi connectivity index (χ1) is 33.1. The van der Waals surface area contributed by atoms with Gasteiger partial charge in [0.15, 0.2) is 0 Å². The molecule has 2 aliphatic rings. The van der Waals surface area contributed by atoms with Crippen molar-refractivity contribution in [3.05, 3.63) is 202 Å². The van der Waals surface area contributed by atoms with Crippen molar-refractivity contribution in [3.8, 4) is 33.4 Å².